The highest BCUT2D eigenvalue weighted by molar-refractivity contribution is 9.10. The van der Waals surface area contributed by atoms with Gasteiger partial charge in [0.25, 0.3) is 6.43 Å². The van der Waals surface area contributed by atoms with Gasteiger partial charge in [-0.25, -0.2) is 13.2 Å². The monoisotopic (exact) mass is 339 g/mol. The van der Waals surface area contributed by atoms with Gasteiger partial charge in [0.2, 0.25) is 0 Å². The van der Waals surface area contributed by atoms with Gasteiger partial charge in [-0.3, -0.25) is 0 Å². The lowest BCUT2D eigenvalue weighted by Crippen LogP contribution is -2.29. The fraction of sp³-hybridized carbons (Fsp3) is 0.538. The maximum Gasteiger partial charge on any atom is 0.261 e. The molecule has 0 bridgehead atoms. The molecular formula is C13H17BrF3NO. The number of nitrogens with one attached hydrogen (secondary N) is 1. The van der Waals surface area contributed by atoms with Gasteiger partial charge in [-0.05, 0) is 43.7 Å². The summed E-state index contributed by atoms with van der Waals surface area (Å²) in [6.45, 7) is -0.283. The molecule has 0 radical (unpaired) electrons. The molecule has 1 atom stereocenters. The average Bonchev–Trinajstić information content (AvgIpc) is 2.31. The first-order chi connectivity index (χ1) is 9.01. The Hall–Kier alpha value is -0.590. The first-order valence-electron chi connectivity index (χ1n) is 5.99. The molecule has 1 aromatic carbocycles. The number of ether oxygens (including phenoxy) is 1. The van der Waals surface area contributed by atoms with Crippen LogP contribution in [0.4, 0.5) is 13.2 Å². The number of alkyl halides is 2. The molecule has 0 aliphatic carbocycles. The lowest BCUT2D eigenvalue weighted by Gasteiger charge is -2.16. The molecule has 1 aromatic rings. The van der Waals surface area contributed by atoms with E-state index in [1.54, 1.807) is 7.05 Å². The summed E-state index contributed by atoms with van der Waals surface area (Å²) < 4.78 is 42.5. The third-order valence-electron chi connectivity index (χ3n) is 2.67. The Morgan fingerprint density at radius 3 is 2.63 bits per heavy atom. The molecule has 6 heteroatoms. The van der Waals surface area contributed by atoms with Crippen molar-refractivity contribution in [3.63, 3.8) is 0 Å². The van der Waals surface area contributed by atoms with E-state index in [4.69, 9.17) is 4.74 Å². The number of likely N-dealkylation sites (N-methyl/N-ethyl adjacent to an activating group) is 1. The number of rotatable bonds is 8. The Labute approximate surface area is 119 Å². The minimum atomic E-state index is -2.44. The van der Waals surface area contributed by atoms with Crippen molar-refractivity contribution in [1.29, 1.82) is 0 Å². The van der Waals surface area contributed by atoms with Crippen molar-refractivity contribution in [2.45, 2.75) is 25.3 Å². The number of hydrogen-bond donors (Lipinski definition) is 1. The molecule has 108 valence electrons. The van der Waals surface area contributed by atoms with Crippen LogP contribution >= 0.6 is 15.9 Å². The molecule has 2 nitrogen and oxygen atoms in total. The molecule has 0 saturated carbocycles. The zero-order valence-corrected chi connectivity index (χ0v) is 12.2. The predicted molar refractivity (Wildman–Crippen MR) is 72.1 cm³/mol. The van der Waals surface area contributed by atoms with Crippen LogP contribution in [-0.2, 0) is 11.2 Å². The zero-order chi connectivity index (χ0) is 14.3. The normalized spacial score (nSPS) is 12.9. The molecule has 0 amide bonds. The molecule has 0 heterocycles. The van der Waals surface area contributed by atoms with E-state index in [-0.39, 0.29) is 18.5 Å². The summed E-state index contributed by atoms with van der Waals surface area (Å²) in [6, 6.07) is 4.76. The van der Waals surface area contributed by atoms with Gasteiger partial charge in [0, 0.05) is 17.1 Å². The summed E-state index contributed by atoms with van der Waals surface area (Å²) in [5, 5.41) is 3.07. The fourth-order valence-corrected chi connectivity index (χ4v) is 2.27. The van der Waals surface area contributed by atoms with Crippen LogP contribution in [0.3, 0.4) is 0 Å². The van der Waals surface area contributed by atoms with Gasteiger partial charge in [-0.1, -0.05) is 15.9 Å². The summed E-state index contributed by atoms with van der Waals surface area (Å²) in [5.41, 5.74) is 0.847. The molecule has 0 aliphatic heterocycles. The lowest BCUT2D eigenvalue weighted by atomic mass is 10.0. The van der Waals surface area contributed by atoms with Gasteiger partial charge in [-0.2, -0.15) is 0 Å². The SMILES string of the molecule is CNC(CCOCC(F)F)Cc1cc(F)cc(Br)c1. The summed E-state index contributed by atoms with van der Waals surface area (Å²) in [4.78, 5) is 0. The van der Waals surface area contributed by atoms with E-state index in [2.05, 4.69) is 21.2 Å². The molecular weight excluding hydrogens is 323 g/mol. The van der Waals surface area contributed by atoms with E-state index < -0.39 is 13.0 Å². The first-order valence-corrected chi connectivity index (χ1v) is 6.78. The highest BCUT2D eigenvalue weighted by atomic mass is 79.9. The van der Waals surface area contributed by atoms with Gasteiger partial charge in [0.05, 0.1) is 0 Å². The minimum Gasteiger partial charge on any atom is -0.375 e. The second-order valence-electron chi connectivity index (χ2n) is 4.22. The molecule has 0 aliphatic rings. The van der Waals surface area contributed by atoms with Crippen LogP contribution in [0, 0.1) is 5.82 Å². The van der Waals surface area contributed by atoms with Crippen LogP contribution in [0.15, 0.2) is 22.7 Å². The van der Waals surface area contributed by atoms with Gasteiger partial charge >= 0.3 is 0 Å². The second kappa shape index (κ2) is 8.55. The molecule has 1 rings (SSSR count). The molecule has 0 aromatic heterocycles. The number of halogens is 4. The number of benzene rings is 1. The van der Waals surface area contributed by atoms with E-state index >= 15 is 0 Å². The van der Waals surface area contributed by atoms with Gasteiger partial charge < -0.3 is 10.1 Å². The van der Waals surface area contributed by atoms with Crippen LogP contribution < -0.4 is 5.32 Å². The van der Waals surface area contributed by atoms with Crippen LogP contribution in [0.2, 0.25) is 0 Å². The topological polar surface area (TPSA) is 21.3 Å². The maximum atomic E-state index is 13.2. The maximum absolute atomic E-state index is 13.2. The molecule has 19 heavy (non-hydrogen) atoms. The quantitative estimate of drug-likeness (QED) is 0.733. The molecule has 0 fully saturated rings. The van der Waals surface area contributed by atoms with Gasteiger partial charge in [-0.15, -0.1) is 0 Å². The fourth-order valence-electron chi connectivity index (χ4n) is 1.76. The molecule has 0 spiro atoms. The second-order valence-corrected chi connectivity index (χ2v) is 5.14. The van der Waals surface area contributed by atoms with Crippen LogP contribution in [-0.4, -0.2) is 32.7 Å². The van der Waals surface area contributed by atoms with Gasteiger partial charge in [0.15, 0.2) is 0 Å². The summed E-state index contributed by atoms with van der Waals surface area (Å²) in [7, 11) is 1.78. The van der Waals surface area contributed by atoms with E-state index in [0.29, 0.717) is 17.3 Å². The number of hydrogen-bond acceptors (Lipinski definition) is 2. The Kier molecular flexibility index (Phi) is 7.41. The lowest BCUT2D eigenvalue weighted by molar-refractivity contribution is 0.0146. The highest BCUT2D eigenvalue weighted by Crippen LogP contribution is 2.16. The van der Waals surface area contributed by atoms with Crippen molar-refractivity contribution in [1.82, 2.24) is 5.32 Å². The Bertz CT molecular complexity index is 370. The largest absolute Gasteiger partial charge is 0.375 e. The Balaban J connectivity index is 2.43. The van der Waals surface area contributed by atoms with Crippen LogP contribution in [0.5, 0.6) is 0 Å². The standard InChI is InChI=1S/C13H17BrF3NO/c1-18-12(2-3-19-8-13(16)17)6-9-4-10(14)7-11(15)5-9/h4-5,7,12-13,18H,2-3,6,8H2,1H3. The van der Waals surface area contributed by atoms with Crippen molar-refractivity contribution in [2.24, 2.45) is 0 Å². The summed E-state index contributed by atoms with van der Waals surface area (Å²) in [5.74, 6) is -0.298. The predicted octanol–water partition coefficient (Wildman–Crippen LogP) is 3.39. The summed E-state index contributed by atoms with van der Waals surface area (Å²) >= 11 is 3.24. The zero-order valence-electron chi connectivity index (χ0n) is 10.6. The van der Waals surface area contributed by atoms with Crippen molar-refractivity contribution in [2.75, 3.05) is 20.3 Å². The van der Waals surface area contributed by atoms with Crippen molar-refractivity contribution < 1.29 is 17.9 Å². The third-order valence-corrected chi connectivity index (χ3v) is 3.13. The molecule has 1 unspecified atom stereocenters. The Morgan fingerprint density at radius 2 is 2.05 bits per heavy atom. The molecule has 1 N–H and O–H groups in total. The van der Waals surface area contributed by atoms with Crippen molar-refractivity contribution in [3.05, 3.63) is 34.1 Å². The third kappa shape index (κ3) is 6.94. The van der Waals surface area contributed by atoms with E-state index in [0.717, 1.165) is 5.56 Å². The summed E-state index contributed by atoms with van der Waals surface area (Å²) in [6.07, 6.45) is -1.23. The van der Waals surface area contributed by atoms with Crippen molar-refractivity contribution >= 4 is 15.9 Å². The van der Waals surface area contributed by atoms with E-state index in [9.17, 15) is 13.2 Å². The van der Waals surface area contributed by atoms with Crippen molar-refractivity contribution in [3.8, 4) is 0 Å². The minimum absolute atomic E-state index is 0.0615. The first kappa shape index (κ1) is 16.5. The molecule has 0 saturated heterocycles. The van der Waals surface area contributed by atoms with E-state index in [1.165, 1.54) is 12.1 Å². The van der Waals surface area contributed by atoms with Crippen LogP contribution in [0.1, 0.15) is 12.0 Å². The van der Waals surface area contributed by atoms with E-state index in [1.807, 2.05) is 6.07 Å². The Morgan fingerprint density at radius 1 is 1.32 bits per heavy atom. The highest BCUT2D eigenvalue weighted by Gasteiger charge is 2.10. The average molecular weight is 340 g/mol. The smallest absolute Gasteiger partial charge is 0.261 e. The van der Waals surface area contributed by atoms with Crippen LogP contribution in [0.25, 0.3) is 0 Å². The van der Waals surface area contributed by atoms with Gasteiger partial charge in [0.1, 0.15) is 12.4 Å².